The zero-order valence-corrected chi connectivity index (χ0v) is 11.9. The third-order valence-corrected chi connectivity index (χ3v) is 4.38. The second-order valence-electron chi connectivity index (χ2n) is 5.90. The van der Waals surface area contributed by atoms with Crippen LogP contribution in [-0.4, -0.2) is 15.4 Å². The van der Waals surface area contributed by atoms with E-state index in [1.165, 1.54) is 31.2 Å². The van der Waals surface area contributed by atoms with Crippen molar-refractivity contribution in [3.05, 3.63) is 35.8 Å². The van der Waals surface area contributed by atoms with Crippen LogP contribution in [0.3, 0.4) is 0 Å². The van der Waals surface area contributed by atoms with Gasteiger partial charge in [-0.05, 0) is 37.3 Å². The molecule has 3 heteroatoms. The van der Waals surface area contributed by atoms with Gasteiger partial charge in [0.05, 0.1) is 5.69 Å². The lowest BCUT2D eigenvalue weighted by Crippen LogP contribution is -2.36. The molecule has 1 fully saturated rings. The molecule has 2 aromatic rings. The lowest BCUT2D eigenvalue weighted by Gasteiger charge is -2.29. The summed E-state index contributed by atoms with van der Waals surface area (Å²) in [5.74, 6) is 0.799. The molecule has 2 unspecified atom stereocenters. The van der Waals surface area contributed by atoms with E-state index in [4.69, 9.17) is 4.98 Å². The highest BCUT2D eigenvalue weighted by Gasteiger charge is 2.20. The average Bonchev–Trinajstić information content (AvgIpc) is 2.82. The molecule has 1 aliphatic carbocycles. The van der Waals surface area contributed by atoms with Gasteiger partial charge in [0, 0.05) is 25.0 Å². The van der Waals surface area contributed by atoms with E-state index in [2.05, 4.69) is 48.1 Å². The predicted octanol–water partition coefficient (Wildman–Crippen LogP) is 3.31. The third kappa shape index (κ3) is 2.66. The molecule has 102 valence electrons. The Bertz CT molecular complexity index is 558. The second-order valence-corrected chi connectivity index (χ2v) is 5.90. The van der Waals surface area contributed by atoms with Gasteiger partial charge in [-0.25, -0.2) is 4.98 Å². The number of nitrogens with zero attached hydrogens (tertiary/aromatic N) is 2. The highest BCUT2D eigenvalue weighted by molar-refractivity contribution is 5.47. The van der Waals surface area contributed by atoms with Crippen molar-refractivity contribution in [2.45, 2.75) is 52.1 Å². The molecule has 19 heavy (non-hydrogen) atoms. The van der Waals surface area contributed by atoms with Gasteiger partial charge in [0.2, 0.25) is 0 Å². The third-order valence-electron chi connectivity index (χ3n) is 4.38. The van der Waals surface area contributed by atoms with Crippen LogP contribution in [0.4, 0.5) is 0 Å². The lowest BCUT2D eigenvalue weighted by molar-refractivity contribution is 0.279. The molecule has 0 amide bonds. The zero-order valence-electron chi connectivity index (χ0n) is 11.9. The summed E-state index contributed by atoms with van der Waals surface area (Å²) < 4.78 is 2.12. The van der Waals surface area contributed by atoms with Crippen molar-refractivity contribution in [1.29, 1.82) is 0 Å². The summed E-state index contributed by atoms with van der Waals surface area (Å²) in [4.78, 5) is 4.72. The first kappa shape index (κ1) is 12.7. The SMILES string of the molecule is Cc1cccn2cc(CNC3CCCCC3C)nc12. The van der Waals surface area contributed by atoms with Crippen LogP contribution in [0.1, 0.15) is 43.9 Å². The Morgan fingerprint density at radius 1 is 1.37 bits per heavy atom. The number of nitrogens with one attached hydrogen (secondary N) is 1. The summed E-state index contributed by atoms with van der Waals surface area (Å²) in [6.45, 7) is 5.36. The fourth-order valence-electron chi connectivity index (χ4n) is 3.14. The van der Waals surface area contributed by atoms with Crippen LogP contribution >= 0.6 is 0 Å². The molecular formula is C16H23N3. The zero-order chi connectivity index (χ0) is 13.2. The summed E-state index contributed by atoms with van der Waals surface area (Å²) in [5.41, 5.74) is 3.46. The molecule has 3 nitrogen and oxygen atoms in total. The van der Waals surface area contributed by atoms with Crippen molar-refractivity contribution in [3.63, 3.8) is 0 Å². The van der Waals surface area contributed by atoms with E-state index >= 15 is 0 Å². The van der Waals surface area contributed by atoms with Crippen LogP contribution in [0.2, 0.25) is 0 Å². The van der Waals surface area contributed by atoms with Gasteiger partial charge in [-0.1, -0.05) is 25.8 Å². The van der Waals surface area contributed by atoms with Crippen molar-refractivity contribution in [1.82, 2.24) is 14.7 Å². The van der Waals surface area contributed by atoms with Crippen LogP contribution in [0.25, 0.3) is 5.65 Å². The number of hydrogen-bond acceptors (Lipinski definition) is 2. The molecule has 0 aromatic carbocycles. The summed E-state index contributed by atoms with van der Waals surface area (Å²) in [5, 5.41) is 3.69. The summed E-state index contributed by atoms with van der Waals surface area (Å²) in [7, 11) is 0. The quantitative estimate of drug-likeness (QED) is 0.914. The first-order chi connectivity index (χ1) is 9.24. The normalized spacial score (nSPS) is 23.9. The smallest absolute Gasteiger partial charge is 0.139 e. The molecular weight excluding hydrogens is 234 g/mol. The fourth-order valence-corrected chi connectivity index (χ4v) is 3.14. The van der Waals surface area contributed by atoms with Gasteiger partial charge in [0.1, 0.15) is 5.65 Å². The lowest BCUT2D eigenvalue weighted by atomic mass is 9.86. The fraction of sp³-hybridized carbons (Fsp3) is 0.562. The van der Waals surface area contributed by atoms with E-state index in [1.54, 1.807) is 0 Å². The van der Waals surface area contributed by atoms with Crippen LogP contribution < -0.4 is 5.32 Å². The van der Waals surface area contributed by atoms with Crippen LogP contribution in [0, 0.1) is 12.8 Å². The van der Waals surface area contributed by atoms with Crippen LogP contribution in [-0.2, 0) is 6.54 Å². The Morgan fingerprint density at radius 2 is 2.21 bits per heavy atom. The van der Waals surface area contributed by atoms with Gasteiger partial charge in [-0.3, -0.25) is 0 Å². The van der Waals surface area contributed by atoms with Gasteiger partial charge < -0.3 is 9.72 Å². The van der Waals surface area contributed by atoms with Gasteiger partial charge in [0.15, 0.2) is 0 Å². The first-order valence-corrected chi connectivity index (χ1v) is 7.40. The van der Waals surface area contributed by atoms with Gasteiger partial charge in [0.25, 0.3) is 0 Å². The van der Waals surface area contributed by atoms with Crippen molar-refractivity contribution < 1.29 is 0 Å². The topological polar surface area (TPSA) is 29.3 Å². The van der Waals surface area contributed by atoms with E-state index in [0.29, 0.717) is 6.04 Å². The van der Waals surface area contributed by atoms with Crippen LogP contribution in [0.15, 0.2) is 24.5 Å². The minimum absolute atomic E-state index is 0.666. The maximum atomic E-state index is 4.72. The largest absolute Gasteiger partial charge is 0.308 e. The van der Waals surface area contributed by atoms with Gasteiger partial charge in [-0.2, -0.15) is 0 Å². The van der Waals surface area contributed by atoms with Gasteiger partial charge in [-0.15, -0.1) is 0 Å². The van der Waals surface area contributed by atoms with Crippen molar-refractivity contribution in [2.24, 2.45) is 5.92 Å². The number of rotatable bonds is 3. The summed E-state index contributed by atoms with van der Waals surface area (Å²) in [6.07, 6.45) is 9.65. The average molecular weight is 257 g/mol. The van der Waals surface area contributed by atoms with E-state index in [-0.39, 0.29) is 0 Å². The van der Waals surface area contributed by atoms with Crippen molar-refractivity contribution in [2.75, 3.05) is 0 Å². The molecule has 0 radical (unpaired) electrons. The van der Waals surface area contributed by atoms with E-state index in [1.807, 2.05) is 0 Å². The molecule has 0 bridgehead atoms. The minimum Gasteiger partial charge on any atom is -0.308 e. The van der Waals surface area contributed by atoms with E-state index in [9.17, 15) is 0 Å². The number of pyridine rings is 1. The Balaban J connectivity index is 1.69. The molecule has 0 saturated heterocycles. The molecule has 0 aliphatic heterocycles. The number of imidazole rings is 1. The molecule has 1 N–H and O–H groups in total. The Kier molecular flexibility index (Phi) is 3.56. The number of hydrogen-bond donors (Lipinski definition) is 1. The summed E-state index contributed by atoms with van der Waals surface area (Å²) in [6, 6.07) is 4.85. The highest BCUT2D eigenvalue weighted by atomic mass is 15.0. The molecule has 2 atom stereocenters. The van der Waals surface area contributed by atoms with Crippen molar-refractivity contribution in [3.8, 4) is 0 Å². The second kappa shape index (κ2) is 5.33. The molecule has 2 heterocycles. The predicted molar refractivity (Wildman–Crippen MR) is 78.2 cm³/mol. The Morgan fingerprint density at radius 3 is 3.00 bits per heavy atom. The monoisotopic (exact) mass is 257 g/mol. The molecule has 1 aliphatic rings. The minimum atomic E-state index is 0.666. The van der Waals surface area contributed by atoms with Crippen LogP contribution in [0.5, 0.6) is 0 Å². The van der Waals surface area contributed by atoms with Gasteiger partial charge >= 0.3 is 0 Å². The maximum Gasteiger partial charge on any atom is 0.139 e. The molecule has 0 spiro atoms. The highest BCUT2D eigenvalue weighted by Crippen LogP contribution is 2.24. The Hall–Kier alpha value is -1.35. The maximum absolute atomic E-state index is 4.72. The van der Waals surface area contributed by atoms with Crippen molar-refractivity contribution >= 4 is 5.65 Å². The molecule has 1 saturated carbocycles. The summed E-state index contributed by atoms with van der Waals surface area (Å²) >= 11 is 0. The number of aryl methyl sites for hydroxylation is 1. The first-order valence-electron chi connectivity index (χ1n) is 7.40. The standard InChI is InChI=1S/C16H23N3/c1-12-6-3-4-8-15(12)17-10-14-11-19-9-5-7-13(2)16(19)18-14/h5,7,9,11-12,15,17H,3-4,6,8,10H2,1-2H3. The number of fused-ring (bicyclic) bond motifs is 1. The molecule has 3 rings (SSSR count). The van der Waals surface area contributed by atoms with E-state index in [0.717, 1.165) is 23.8 Å². The Labute approximate surface area is 115 Å². The molecule has 2 aromatic heterocycles. The number of aromatic nitrogens is 2. The van der Waals surface area contributed by atoms with E-state index < -0.39 is 0 Å².